The molecule has 0 aliphatic carbocycles. The topological polar surface area (TPSA) is 202 Å². The fraction of sp³-hybridized carbons (Fsp3) is 0.571. The molecular formula is C14H22Cl2N4O8. The van der Waals surface area contributed by atoms with Crippen molar-refractivity contribution < 1.29 is 66.9 Å². The molecule has 12 nitrogen and oxygen atoms in total. The summed E-state index contributed by atoms with van der Waals surface area (Å²) in [6, 6.07) is 0. The van der Waals surface area contributed by atoms with Gasteiger partial charge < -0.3 is 0 Å². The van der Waals surface area contributed by atoms with Crippen LogP contribution in [0.5, 0.6) is 0 Å². The van der Waals surface area contributed by atoms with Gasteiger partial charge in [0.25, 0.3) is 0 Å². The molecule has 2 aromatic heterocycles. The third-order valence-corrected chi connectivity index (χ3v) is 3.66. The standard InChI is InChI=1S/C14H22N4.2ClHO4/c1-2-6-16-11-12-18(14-16)8-4-3-7-17-10-9-15(5-1)13-17;2*2-1(3,4)5/h9-14H,1-8H2;2*(H,2,3,4,5)/q+2;;/p-2. The lowest BCUT2D eigenvalue weighted by Gasteiger charge is -2.17. The summed E-state index contributed by atoms with van der Waals surface area (Å²) in [7, 11) is -9.89. The molecule has 160 valence electrons. The second-order valence-electron chi connectivity index (χ2n) is 5.95. The van der Waals surface area contributed by atoms with Crippen molar-refractivity contribution in [2.24, 2.45) is 0 Å². The number of aromatic nitrogens is 4. The van der Waals surface area contributed by atoms with E-state index in [-0.39, 0.29) is 0 Å². The lowest BCUT2D eigenvalue weighted by molar-refractivity contribution is -2.00. The van der Waals surface area contributed by atoms with Crippen molar-refractivity contribution in [2.75, 3.05) is 0 Å². The summed E-state index contributed by atoms with van der Waals surface area (Å²) in [6.07, 6.45) is 18.2. The Bertz CT molecular complexity index is 572. The first-order chi connectivity index (χ1) is 12.9. The highest BCUT2D eigenvalue weighted by Crippen LogP contribution is 1.99. The van der Waals surface area contributed by atoms with Gasteiger partial charge in [-0.2, -0.15) is 0 Å². The van der Waals surface area contributed by atoms with E-state index in [0.717, 1.165) is 26.2 Å². The zero-order valence-electron chi connectivity index (χ0n) is 14.9. The van der Waals surface area contributed by atoms with E-state index in [0.29, 0.717) is 0 Å². The van der Waals surface area contributed by atoms with Crippen molar-refractivity contribution in [3.8, 4) is 0 Å². The molecule has 0 unspecified atom stereocenters. The van der Waals surface area contributed by atoms with E-state index >= 15 is 0 Å². The van der Waals surface area contributed by atoms with Gasteiger partial charge in [0.1, 0.15) is 24.8 Å². The fourth-order valence-corrected chi connectivity index (χ4v) is 2.58. The van der Waals surface area contributed by atoms with Crippen molar-refractivity contribution in [2.45, 2.75) is 51.9 Å². The third kappa shape index (κ3) is 14.7. The summed E-state index contributed by atoms with van der Waals surface area (Å²) < 4.78 is 77.2. The monoisotopic (exact) mass is 444 g/mol. The molecule has 0 atom stereocenters. The fourth-order valence-electron chi connectivity index (χ4n) is 2.58. The highest BCUT2D eigenvalue weighted by molar-refractivity contribution is 4.68. The summed E-state index contributed by atoms with van der Waals surface area (Å²) >= 11 is 0. The van der Waals surface area contributed by atoms with E-state index in [4.69, 9.17) is 37.3 Å². The quantitative estimate of drug-likeness (QED) is 0.355. The van der Waals surface area contributed by atoms with Crippen molar-refractivity contribution >= 4 is 0 Å². The van der Waals surface area contributed by atoms with E-state index in [2.05, 4.69) is 55.7 Å². The Labute approximate surface area is 165 Å². The number of hydrogen-bond donors (Lipinski definition) is 0. The van der Waals surface area contributed by atoms with Crippen molar-refractivity contribution in [3.63, 3.8) is 0 Å². The molecule has 0 fully saturated rings. The third-order valence-electron chi connectivity index (χ3n) is 3.66. The van der Waals surface area contributed by atoms with Crippen LogP contribution in [0.1, 0.15) is 25.7 Å². The van der Waals surface area contributed by atoms with Gasteiger partial charge in [-0.25, -0.2) is 55.5 Å². The van der Waals surface area contributed by atoms with Gasteiger partial charge in [0.05, 0.1) is 26.2 Å². The maximum Gasteiger partial charge on any atom is 0.243 e. The smallest absolute Gasteiger partial charge is 0.237 e. The molecule has 0 N–H and O–H groups in total. The van der Waals surface area contributed by atoms with Gasteiger partial charge in [-0.05, 0) is 25.7 Å². The Kier molecular flexibility index (Phi) is 10.3. The molecule has 4 bridgehead atoms. The number of imidazole rings is 2. The van der Waals surface area contributed by atoms with Crippen LogP contribution in [0.25, 0.3) is 0 Å². The SMILES string of the molecule is [O-][Cl+3]([O-])([O-])[O-].[O-][Cl+3]([O-])([O-])[O-].c1c[n+]2cn1CCCC[n+]1ccn(c1)CCCC2. The Morgan fingerprint density at radius 1 is 0.571 bits per heavy atom. The molecule has 1 aliphatic heterocycles. The highest BCUT2D eigenvalue weighted by Gasteiger charge is 2.08. The molecule has 0 radical (unpaired) electrons. The molecule has 3 heterocycles. The van der Waals surface area contributed by atoms with Gasteiger partial charge in [0.15, 0.2) is 0 Å². The van der Waals surface area contributed by atoms with E-state index < -0.39 is 20.5 Å². The first-order valence-corrected chi connectivity index (χ1v) is 10.7. The number of halogens is 2. The second-order valence-corrected chi connectivity index (χ2v) is 7.46. The molecular weight excluding hydrogens is 423 g/mol. The van der Waals surface area contributed by atoms with Crippen LogP contribution in [0.2, 0.25) is 0 Å². The predicted octanol–water partition coefficient (Wildman–Crippen LogP) is -8.37. The molecule has 0 aromatic carbocycles. The molecule has 0 spiro atoms. The molecule has 28 heavy (non-hydrogen) atoms. The van der Waals surface area contributed by atoms with Crippen LogP contribution in [-0.4, -0.2) is 9.13 Å². The number of rotatable bonds is 0. The van der Waals surface area contributed by atoms with Crippen molar-refractivity contribution in [1.82, 2.24) is 9.13 Å². The maximum atomic E-state index is 8.49. The Morgan fingerprint density at radius 3 is 1.21 bits per heavy atom. The lowest BCUT2D eigenvalue weighted by atomic mass is 10.3. The summed E-state index contributed by atoms with van der Waals surface area (Å²) in [6.45, 7) is 4.53. The van der Waals surface area contributed by atoms with Crippen LogP contribution in [0.15, 0.2) is 37.4 Å². The summed E-state index contributed by atoms with van der Waals surface area (Å²) in [5, 5.41) is 0. The van der Waals surface area contributed by atoms with Gasteiger partial charge in [-0.1, -0.05) is 0 Å². The summed E-state index contributed by atoms with van der Waals surface area (Å²) in [5.74, 6) is 0. The highest BCUT2D eigenvalue weighted by atomic mass is 35.7. The lowest BCUT2D eigenvalue weighted by Crippen LogP contribution is -2.68. The van der Waals surface area contributed by atoms with Crippen LogP contribution in [-0.2, 0) is 26.2 Å². The largest absolute Gasteiger partial charge is 0.243 e. The van der Waals surface area contributed by atoms with Gasteiger partial charge in [0.2, 0.25) is 12.7 Å². The molecule has 1 aliphatic rings. The van der Waals surface area contributed by atoms with Crippen LogP contribution < -0.4 is 46.4 Å². The summed E-state index contributed by atoms with van der Waals surface area (Å²) in [5.41, 5.74) is 0. The Hall–Kier alpha value is -1.32. The van der Waals surface area contributed by atoms with Gasteiger partial charge in [-0.3, -0.25) is 0 Å². The Balaban J connectivity index is 0.000000329. The molecule has 3 rings (SSSR count). The minimum Gasteiger partial charge on any atom is -0.237 e. The van der Waals surface area contributed by atoms with Crippen molar-refractivity contribution in [3.05, 3.63) is 37.4 Å². The second kappa shape index (κ2) is 11.6. The summed E-state index contributed by atoms with van der Waals surface area (Å²) in [4.78, 5) is 0. The average Bonchev–Trinajstić information content (AvgIpc) is 3.13. The van der Waals surface area contributed by atoms with Crippen LogP contribution in [0.3, 0.4) is 0 Å². The van der Waals surface area contributed by atoms with Crippen LogP contribution in [0.4, 0.5) is 0 Å². The minimum atomic E-state index is -4.94. The van der Waals surface area contributed by atoms with Crippen molar-refractivity contribution in [1.29, 1.82) is 0 Å². The maximum absolute atomic E-state index is 8.49. The first-order valence-electron chi connectivity index (χ1n) is 8.23. The zero-order chi connectivity index (χ0) is 21.2. The first kappa shape index (κ1) is 24.7. The minimum absolute atomic E-state index is 1.13. The predicted molar refractivity (Wildman–Crippen MR) is 67.7 cm³/mol. The van der Waals surface area contributed by atoms with E-state index in [1.165, 1.54) is 25.7 Å². The van der Waals surface area contributed by atoms with Crippen LogP contribution in [0, 0.1) is 20.5 Å². The number of nitrogens with zero attached hydrogens (tertiary/aromatic N) is 4. The average molecular weight is 445 g/mol. The van der Waals surface area contributed by atoms with E-state index in [1.54, 1.807) is 0 Å². The number of fused-ring (bicyclic) bond motifs is 4. The number of hydrogen-bond acceptors (Lipinski definition) is 8. The number of aryl methyl sites for hydroxylation is 4. The molecule has 0 amide bonds. The van der Waals surface area contributed by atoms with Gasteiger partial charge >= 0.3 is 0 Å². The van der Waals surface area contributed by atoms with Crippen LogP contribution >= 0.6 is 0 Å². The van der Waals surface area contributed by atoms with Gasteiger partial charge in [0, 0.05) is 0 Å². The van der Waals surface area contributed by atoms with E-state index in [1.807, 2.05) is 0 Å². The van der Waals surface area contributed by atoms with E-state index in [9.17, 15) is 0 Å². The molecule has 14 heteroatoms. The zero-order valence-corrected chi connectivity index (χ0v) is 16.4. The molecule has 0 saturated heterocycles. The Morgan fingerprint density at radius 2 is 0.893 bits per heavy atom. The molecule has 2 aromatic rings. The van der Waals surface area contributed by atoms with Gasteiger partial charge in [-0.15, -0.1) is 20.5 Å². The normalized spacial score (nSPS) is 15.4. The molecule has 0 saturated carbocycles.